The van der Waals surface area contributed by atoms with Gasteiger partial charge >= 0.3 is 0 Å². The summed E-state index contributed by atoms with van der Waals surface area (Å²) in [7, 11) is 0. The lowest BCUT2D eigenvalue weighted by Crippen LogP contribution is -2.44. The Morgan fingerprint density at radius 1 is 1.14 bits per heavy atom. The summed E-state index contributed by atoms with van der Waals surface area (Å²) in [6, 6.07) is 15.0. The van der Waals surface area contributed by atoms with E-state index in [9.17, 15) is 4.79 Å². The van der Waals surface area contributed by atoms with E-state index in [1.165, 1.54) is 0 Å². The van der Waals surface area contributed by atoms with Crippen molar-refractivity contribution in [1.29, 1.82) is 0 Å². The number of amides is 1. The molecule has 1 aliphatic heterocycles. The number of hydrogen-bond acceptors (Lipinski definition) is 4. The SMILES string of the molecule is CC(C)Oc1ccc(C(=O)NC[C@H](c2ccccc2Cl)N2CCOCC2)cc1. The van der Waals surface area contributed by atoms with E-state index in [2.05, 4.69) is 10.2 Å². The van der Waals surface area contributed by atoms with Gasteiger partial charge in [-0.15, -0.1) is 0 Å². The summed E-state index contributed by atoms with van der Waals surface area (Å²) in [5, 5.41) is 3.77. The summed E-state index contributed by atoms with van der Waals surface area (Å²) < 4.78 is 11.1. The van der Waals surface area contributed by atoms with Crippen LogP contribution in [-0.4, -0.2) is 49.8 Å². The molecule has 0 radical (unpaired) electrons. The van der Waals surface area contributed by atoms with Gasteiger partial charge in [0.2, 0.25) is 0 Å². The van der Waals surface area contributed by atoms with Crippen LogP contribution in [-0.2, 0) is 4.74 Å². The van der Waals surface area contributed by atoms with E-state index in [-0.39, 0.29) is 18.1 Å². The molecule has 1 amide bonds. The molecule has 1 saturated heterocycles. The van der Waals surface area contributed by atoms with Crippen molar-refractivity contribution in [3.05, 3.63) is 64.7 Å². The van der Waals surface area contributed by atoms with Crippen LogP contribution in [0, 0.1) is 0 Å². The number of carbonyl (C=O) groups excluding carboxylic acids is 1. The number of carbonyl (C=O) groups is 1. The van der Waals surface area contributed by atoms with Crippen LogP contribution in [0.15, 0.2) is 48.5 Å². The lowest BCUT2D eigenvalue weighted by Gasteiger charge is -2.35. The Balaban J connectivity index is 1.69. The van der Waals surface area contributed by atoms with Gasteiger partial charge < -0.3 is 14.8 Å². The Labute approximate surface area is 171 Å². The molecular weight excluding hydrogens is 376 g/mol. The minimum atomic E-state index is -0.110. The van der Waals surface area contributed by atoms with Gasteiger partial charge in [-0.25, -0.2) is 0 Å². The predicted octanol–water partition coefficient (Wildman–Crippen LogP) is 3.93. The first-order chi connectivity index (χ1) is 13.5. The number of rotatable bonds is 7. The van der Waals surface area contributed by atoms with Crippen LogP contribution in [0.1, 0.15) is 35.8 Å². The standard InChI is InChI=1S/C22H27ClN2O3/c1-16(2)28-18-9-7-17(8-10-18)22(26)24-15-21(25-11-13-27-14-12-25)19-5-3-4-6-20(19)23/h3-10,16,21H,11-15H2,1-2H3,(H,24,26)/t21-/m1/s1. The monoisotopic (exact) mass is 402 g/mol. The van der Waals surface area contributed by atoms with Crippen molar-refractivity contribution >= 4 is 17.5 Å². The molecule has 0 unspecified atom stereocenters. The van der Waals surface area contributed by atoms with Gasteiger partial charge in [0, 0.05) is 30.2 Å². The second-order valence-corrected chi connectivity index (χ2v) is 7.49. The Bertz CT molecular complexity index is 774. The van der Waals surface area contributed by atoms with Crippen molar-refractivity contribution in [2.24, 2.45) is 0 Å². The topological polar surface area (TPSA) is 50.8 Å². The van der Waals surface area contributed by atoms with Gasteiger partial charge in [0.1, 0.15) is 5.75 Å². The van der Waals surface area contributed by atoms with E-state index in [1.54, 1.807) is 12.1 Å². The van der Waals surface area contributed by atoms with Crippen LogP contribution in [0.2, 0.25) is 5.02 Å². The smallest absolute Gasteiger partial charge is 0.251 e. The Kier molecular flexibility index (Phi) is 7.31. The molecule has 1 atom stereocenters. The molecule has 2 aromatic carbocycles. The van der Waals surface area contributed by atoms with Crippen LogP contribution in [0.5, 0.6) is 5.75 Å². The van der Waals surface area contributed by atoms with Crippen LogP contribution in [0.3, 0.4) is 0 Å². The molecule has 0 aliphatic carbocycles. The van der Waals surface area contributed by atoms with E-state index in [0.29, 0.717) is 30.3 Å². The van der Waals surface area contributed by atoms with Crippen LogP contribution >= 0.6 is 11.6 Å². The third kappa shape index (κ3) is 5.47. The number of benzene rings is 2. The number of ether oxygens (including phenoxy) is 2. The van der Waals surface area contributed by atoms with Crippen molar-refractivity contribution in [3.63, 3.8) is 0 Å². The average molecular weight is 403 g/mol. The minimum Gasteiger partial charge on any atom is -0.491 e. The summed E-state index contributed by atoms with van der Waals surface area (Å²) in [6.07, 6.45) is 0.101. The third-order valence-electron chi connectivity index (χ3n) is 4.69. The summed E-state index contributed by atoms with van der Waals surface area (Å²) in [4.78, 5) is 15.0. The van der Waals surface area contributed by atoms with E-state index in [4.69, 9.17) is 21.1 Å². The van der Waals surface area contributed by atoms with Crippen LogP contribution in [0.4, 0.5) is 0 Å². The van der Waals surface area contributed by atoms with E-state index in [0.717, 1.165) is 24.4 Å². The summed E-state index contributed by atoms with van der Waals surface area (Å²) >= 11 is 6.44. The molecule has 0 spiro atoms. The number of nitrogens with zero attached hydrogens (tertiary/aromatic N) is 1. The highest BCUT2D eigenvalue weighted by molar-refractivity contribution is 6.31. The van der Waals surface area contributed by atoms with E-state index < -0.39 is 0 Å². The number of morpholine rings is 1. The van der Waals surface area contributed by atoms with Crippen molar-refractivity contribution in [2.75, 3.05) is 32.8 Å². The second kappa shape index (κ2) is 9.92. The largest absolute Gasteiger partial charge is 0.491 e. The zero-order chi connectivity index (χ0) is 19.9. The second-order valence-electron chi connectivity index (χ2n) is 7.09. The van der Waals surface area contributed by atoms with Gasteiger partial charge in [-0.1, -0.05) is 29.8 Å². The summed E-state index contributed by atoms with van der Waals surface area (Å²) in [5.41, 5.74) is 1.63. The first kappa shape index (κ1) is 20.6. The Morgan fingerprint density at radius 3 is 2.46 bits per heavy atom. The van der Waals surface area contributed by atoms with Crippen LogP contribution in [0.25, 0.3) is 0 Å². The van der Waals surface area contributed by atoms with Gasteiger partial charge in [-0.05, 0) is 49.7 Å². The molecule has 6 heteroatoms. The Morgan fingerprint density at radius 2 is 1.82 bits per heavy atom. The minimum absolute atomic E-state index is 0.00472. The maximum absolute atomic E-state index is 12.7. The fourth-order valence-electron chi connectivity index (χ4n) is 3.32. The van der Waals surface area contributed by atoms with Crippen molar-refractivity contribution < 1.29 is 14.3 Å². The fourth-order valence-corrected chi connectivity index (χ4v) is 3.58. The van der Waals surface area contributed by atoms with Gasteiger partial charge in [0.15, 0.2) is 0 Å². The summed E-state index contributed by atoms with van der Waals surface area (Å²) in [6.45, 7) is 7.42. The van der Waals surface area contributed by atoms with Gasteiger partial charge in [-0.2, -0.15) is 0 Å². The third-order valence-corrected chi connectivity index (χ3v) is 5.04. The number of nitrogens with one attached hydrogen (secondary N) is 1. The zero-order valence-corrected chi connectivity index (χ0v) is 17.1. The molecule has 1 fully saturated rings. The highest BCUT2D eigenvalue weighted by Gasteiger charge is 2.25. The first-order valence-corrected chi connectivity index (χ1v) is 10.0. The fraction of sp³-hybridized carbons (Fsp3) is 0.409. The quantitative estimate of drug-likeness (QED) is 0.762. The van der Waals surface area contributed by atoms with Gasteiger partial charge in [0.05, 0.1) is 25.4 Å². The van der Waals surface area contributed by atoms with Crippen molar-refractivity contribution in [1.82, 2.24) is 10.2 Å². The molecule has 0 bridgehead atoms. The maximum Gasteiger partial charge on any atom is 0.251 e. The summed E-state index contributed by atoms with van der Waals surface area (Å²) in [5.74, 6) is 0.648. The molecule has 5 nitrogen and oxygen atoms in total. The molecule has 1 heterocycles. The normalized spacial score (nSPS) is 16.0. The van der Waals surface area contributed by atoms with E-state index in [1.807, 2.05) is 50.2 Å². The predicted molar refractivity (Wildman–Crippen MR) is 111 cm³/mol. The molecular formula is C22H27ClN2O3. The molecule has 1 N–H and O–H groups in total. The number of hydrogen-bond donors (Lipinski definition) is 1. The Hall–Kier alpha value is -2.08. The maximum atomic E-state index is 12.7. The molecule has 0 aromatic heterocycles. The lowest BCUT2D eigenvalue weighted by molar-refractivity contribution is 0.0162. The van der Waals surface area contributed by atoms with Crippen molar-refractivity contribution in [3.8, 4) is 5.75 Å². The van der Waals surface area contributed by atoms with Crippen LogP contribution < -0.4 is 10.1 Å². The van der Waals surface area contributed by atoms with Gasteiger partial charge in [-0.3, -0.25) is 9.69 Å². The number of halogens is 1. The molecule has 2 aromatic rings. The zero-order valence-electron chi connectivity index (χ0n) is 16.4. The first-order valence-electron chi connectivity index (χ1n) is 9.65. The molecule has 0 saturated carbocycles. The molecule has 3 rings (SSSR count). The molecule has 1 aliphatic rings. The molecule has 150 valence electrons. The van der Waals surface area contributed by atoms with Crippen molar-refractivity contribution in [2.45, 2.75) is 26.0 Å². The highest BCUT2D eigenvalue weighted by Crippen LogP contribution is 2.28. The van der Waals surface area contributed by atoms with Gasteiger partial charge in [0.25, 0.3) is 5.91 Å². The highest BCUT2D eigenvalue weighted by atomic mass is 35.5. The lowest BCUT2D eigenvalue weighted by atomic mass is 10.0. The molecule has 28 heavy (non-hydrogen) atoms. The van der Waals surface area contributed by atoms with E-state index >= 15 is 0 Å². The average Bonchev–Trinajstić information content (AvgIpc) is 2.70.